The number of carbonyl (C=O) groups excluding carboxylic acids is 1. The van der Waals surface area contributed by atoms with E-state index in [0.29, 0.717) is 17.6 Å². The van der Waals surface area contributed by atoms with E-state index >= 15 is 0 Å². The second-order valence-electron chi connectivity index (χ2n) is 5.34. The number of fused-ring (bicyclic) bond motifs is 1. The van der Waals surface area contributed by atoms with Crippen LogP contribution in [0.1, 0.15) is 37.6 Å². The van der Waals surface area contributed by atoms with Gasteiger partial charge in [-0.2, -0.15) is 0 Å². The molecule has 0 saturated carbocycles. The van der Waals surface area contributed by atoms with Crippen molar-refractivity contribution in [3.8, 4) is 5.75 Å². The van der Waals surface area contributed by atoms with Crippen LogP contribution in [0.5, 0.6) is 5.75 Å². The fourth-order valence-corrected chi connectivity index (χ4v) is 2.16. The average Bonchev–Trinajstić information content (AvgIpc) is 2.27. The molecule has 2 rings (SSSR count). The van der Waals surface area contributed by atoms with Crippen LogP contribution in [-0.2, 0) is 4.74 Å². The van der Waals surface area contributed by atoms with Crippen molar-refractivity contribution in [2.24, 2.45) is 0 Å². The van der Waals surface area contributed by atoms with Crippen LogP contribution in [0.2, 0.25) is 0 Å². The lowest BCUT2D eigenvalue weighted by Crippen LogP contribution is -2.31. The van der Waals surface area contributed by atoms with Crippen LogP contribution in [-0.4, -0.2) is 29.9 Å². The molecule has 2 aromatic rings. The van der Waals surface area contributed by atoms with Crippen molar-refractivity contribution in [3.05, 3.63) is 17.7 Å². The van der Waals surface area contributed by atoms with Gasteiger partial charge in [-0.25, -0.2) is 4.79 Å². The van der Waals surface area contributed by atoms with Crippen molar-refractivity contribution in [1.29, 1.82) is 0 Å². The molecular weight excluding hydrogens is 264 g/mol. The normalized spacial score (nSPS) is 13.4. The number of esters is 1. The van der Waals surface area contributed by atoms with E-state index in [1.807, 2.05) is 0 Å². The molecule has 1 unspecified atom stereocenters. The number of rotatable bonds is 5. The second kappa shape index (κ2) is 5.20. The van der Waals surface area contributed by atoms with Gasteiger partial charge in [-0.1, -0.05) is 0 Å². The molecule has 0 spiro atoms. The molecule has 0 aliphatic rings. The molecule has 0 bridgehead atoms. The van der Waals surface area contributed by atoms with E-state index < -0.39 is 17.7 Å². The maximum Gasteiger partial charge on any atom is 0.342 e. The van der Waals surface area contributed by atoms with Crippen molar-refractivity contribution in [1.82, 2.24) is 0 Å². The van der Waals surface area contributed by atoms with E-state index in [2.05, 4.69) is 0 Å². The van der Waals surface area contributed by atoms with Gasteiger partial charge in [0.25, 0.3) is 5.58 Å². The number of methoxy groups -OCH3 is 1. The van der Waals surface area contributed by atoms with Crippen molar-refractivity contribution >= 4 is 17.1 Å². The number of ether oxygens (including phenoxy) is 2. The minimum absolute atomic E-state index is 0.258. The monoisotopic (exact) mass is 282 g/mol. The van der Waals surface area contributed by atoms with Gasteiger partial charge in [-0.3, -0.25) is 9.15 Å². The summed E-state index contributed by atoms with van der Waals surface area (Å²) in [7, 11) is 1.44. The third kappa shape index (κ3) is 2.80. The van der Waals surface area contributed by atoms with E-state index in [1.54, 1.807) is 32.9 Å². The van der Waals surface area contributed by atoms with Crippen molar-refractivity contribution in [3.63, 3.8) is 0 Å². The van der Waals surface area contributed by atoms with Gasteiger partial charge >= 0.3 is 5.97 Å². The SMILES string of the molecule is COc1c(C(=O)OC(C)(C)CC(C)O)ccc2ooc12. The number of aliphatic hydroxyl groups excluding tert-OH is 1. The maximum atomic E-state index is 12.2. The van der Waals surface area contributed by atoms with Gasteiger partial charge in [-0.05, 0) is 32.9 Å². The Morgan fingerprint density at radius 2 is 2.10 bits per heavy atom. The van der Waals surface area contributed by atoms with Crippen LogP contribution in [0.25, 0.3) is 11.2 Å². The molecule has 0 radical (unpaired) electrons. The average molecular weight is 282 g/mol. The lowest BCUT2D eigenvalue weighted by molar-refractivity contribution is -0.0213. The first-order valence-corrected chi connectivity index (χ1v) is 6.31. The molecule has 0 amide bonds. The van der Waals surface area contributed by atoms with Crippen LogP contribution in [0, 0.1) is 0 Å². The third-order valence-corrected chi connectivity index (χ3v) is 2.87. The zero-order valence-electron chi connectivity index (χ0n) is 11.9. The van der Waals surface area contributed by atoms with Gasteiger partial charge in [0, 0.05) is 6.42 Å². The predicted molar refractivity (Wildman–Crippen MR) is 70.8 cm³/mol. The lowest BCUT2D eigenvalue weighted by atomic mass is 10.0. The fourth-order valence-electron chi connectivity index (χ4n) is 2.16. The zero-order chi connectivity index (χ0) is 14.9. The molecule has 20 heavy (non-hydrogen) atoms. The van der Waals surface area contributed by atoms with E-state index in [0.717, 1.165) is 0 Å². The Morgan fingerprint density at radius 3 is 2.60 bits per heavy atom. The van der Waals surface area contributed by atoms with E-state index in [1.165, 1.54) is 7.11 Å². The molecule has 0 fully saturated rings. The van der Waals surface area contributed by atoms with Crippen LogP contribution in [0.3, 0.4) is 0 Å². The van der Waals surface area contributed by atoms with Crippen molar-refractivity contribution in [2.45, 2.75) is 38.9 Å². The lowest BCUT2D eigenvalue weighted by Gasteiger charge is -2.26. The first-order valence-electron chi connectivity index (χ1n) is 6.31. The van der Waals surface area contributed by atoms with Gasteiger partial charge in [0.15, 0.2) is 5.75 Å². The van der Waals surface area contributed by atoms with Crippen LogP contribution in [0.15, 0.2) is 21.3 Å². The fraction of sp³-hybridized carbons (Fsp3) is 0.500. The standard InChI is InChI=1S/C14H18O6/c1-8(15)7-14(2,3)18-13(16)9-5-6-10-12(20-19-10)11(9)17-4/h5-6,8,15H,7H2,1-4H3. The number of hydrogen-bond acceptors (Lipinski definition) is 6. The quantitative estimate of drug-likeness (QED) is 0.670. The summed E-state index contributed by atoms with van der Waals surface area (Å²) in [4.78, 5) is 12.2. The van der Waals surface area contributed by atoms with Gasteiger partial charge < -0.3 is 14.6 Å². The Bertz CT molecular complexity index is 604. The summed E-state index contributed by atoms with van der Waals surface area (Å²) >= 11 is 0. The highest BCUT2D eigenvalue weighted by atomic mass is 17.0. The highest BCUT2D eigenvalue weighted by molar-refractivity contribution is 5.98. The summed E-state index contributed by atoms with van der Waals surface area (Å²) in [5.41, 5.74) is 0.376. The molecule has 1 N–H and O–H groups in total. The molecule has 0 aliphatic carbocycles. The maximum absolute atomic E-state index is 12.2. The van der Waals surface area contributed by atoms with Crippen molar-refractivity contribution < 1.29 is 28.5 Å². The summed E-state index contributed by atoms with van der Waals surface area (Å²) in [5.74, 6) is -0.252. The Kier molecular flexibility index (Phi) is 3.76. The predicted octanol–water partition coefficient (Wildman–Crippen LogP) is 2.74. The minimum atomic E-state index is -0.781. The van der Waals surface area contributed by atoms with Crippen LogP contribution >= 0.6 is 0 Å². The summed E-state index contributed by atoms with van der Waals surface area (Å²) in [6, 6.07) is 3.17. The zero-order valence-corrected chi connectivity index (χ0v) is 11.9. The second-order valence-corrected chi connectivity index (χ2v) is 5.34. The molecule has 1 atom stereocenters. The summed E-state index contributed by atoms with van der Waals surface area (Å²) < 4.78 is 20.1. The number of hydrogen-bond donors (Lipinski definition) is 1. The van der Waals surface area contributed by atoms with Gasteiger partial charge in [0.05, 0.1) is 13.2 Å². The first-order chi connectivity index (χ1) is 9.34. The van der Waals surface area contributed by atoms with Gasteiger partial charge in [-0.15, -0.1) is 0 Å². The largest absolute Gasteiger partial charge is 0.492 e. The Morgan fingerprint density at radius 1 is 1.40 bits per heavy atom. The summed E-state index contributed by atoms with van der Waals surface area (Å²) in [5, 5.41) is 9.41. The van der Waals surface area contributed by atoms with Crippen molar-refractivity contribution in [2.75, 3.05) is 7.11 Å². The van der Waals surface area contributed by atoms with E-state index in [4.69, 9.17) is 18.6 Å². The highest BCUT2D eigenvalue weighted by Gasteiger charge is 2.29. The third-order valence-electron chi connectivity index (χ3n) is 2.87. The van der Waals surface area contributed by atoms with E-state index in [9.17, 15) is 9.90 Å². The van der Waals surface area contributed by atoms with E-state index in [-0.39, 0.29) is 11.3 Å². The molecule has 1 aromatic heterocycles. The Labute approximate surface area is 116 Å². The molecule has 1 heterocycles. The van der Waals surface area contributed by atoms with Crippen LogP contribution in [0.4, 0.5) is 0 Å². The highest BCUT2D eigenvalue weighted by Crippen LogP contribution is 2.33. The van der Waals surface area contributed by atoms with Crippen LogP contribution < -0.4 is 4.74 Å². The molecule has 0 aliphatic heterocycles. The van der Waals surface area contributed by atoms with Gasteiger partial charge in [0.2, 0.25) is 5.58 Å². The molecule has 1 aromatic carbocycles. The molecule has 110 valence electrons. The molecular formula is C14H18O6. The number of aliphatic hydroxyl groups is 1. The smallest absolute Gasteiger partial charge is 0.342 e. The Hall–Kier alpha value is -1.95. The number of benzene rings is 1. The summed E-state index contributed by atoms with van der Waals surface area (Å²) in [6.07, 6.45) is -0.223. The molecule has 6 heteroatoms. The minimum Gasteiger partial charge on any atom is -0.492 e. The summed E-state index contributed by atoms with van der Waals surface area (Å²) in [6.45, 7) is 5.13. The Balaban J connectivity index is 2.23. The first kappa shape index (κ1) is 14.5. The topological polar surface area (TPSA) is 82.0 Å². The number of carbonyl (C=O) groups is 1. The molecule has 6 nitrogen and oxygen atoms in total. The van der Waals surface area contributed by atoms with Gasteiger partial charge in [0.1, 0.15) is 11.2 Å². The molecule has 0 saturated heterocycles.